The molecule has 0 aliphatic heterocycles. The minimum atomic E-state index is 0.531. The first-order valence-corrected chi connectivity index (χ1v) is 5.92. The summed E-state index contributed by atoms with van der Waals surface area (Å²) in [6, 6.07) is 7.89. The first-order valence-electron chi connectivity index (χ1n) is 4.72. The normalized spacial score (nSPS) is 10.1. The van der Waals surface area contributed by atoms with E-state index in [1.165, 1.54) is 0 Å². The lowest BCUT2D eigenvalue weighted by molar-refractivity contribution is -0.500. The molecule has 0 saturated heterocycles. The maximum absolute atomic E-state index is 5.00. The van der Waals surface area contributed by atoms with E-state index in [9.17, 15) is 0 Å². The number of rotatable bonds is 4. The smallest absolute Gasteiger partial charge is 0.224 e. The van der Waals surface area contributed by atoms with Crippen LogP contribution in [0.2, 0.25) is 0 Å². The number of hydrogen-bond donors (Lipinski definition) is 3. The van der Waals surface area contributed by atoms with Gasteiger partial charge in [-0.1, -0.05) is 18.2 Å². The van der Waals surface area contributed by atoms with Crippen LogP contribution in [0, 0.1) is 0 Å². The van der Waals surface area contributed by atoms with Crippen LogP contribution in [-0.4, -0.2) is 17.9 Å². The monoisotopic (exact) mass is 298 g/mol. The molecule has 0 atom stereocenters. The summed E-state index contributed by atoms with van der Waals surface area (Å²) in [5, 5.41) is 6.38. The van der Waals surface area contributed by atoms with Crippen LogP contribution in [0.3, 0.4) is 0 Å². The van der Waals surface area contributed by atoms with Crippen LogP contribution in [0.15, 0.2) is 41.4 Å². The van der Waals surface area contributed by atoms with Crippen molar-refractivity contribution in [3.63, 3.8) is 0 Å². The zero-order valence-corrected chi connectivity index (χ0v) is 11.1. The van der Waals surface area contributed by atoms with Crippen molar-refractivity contribution in [1.82, 2.24) is 10.7 Å². The Morgan fingerprint density at radius 1 is 1.50 bits per heavy atom. The number of hydrazone groups is 1. The summed E-state index contributed by atoms with van der Waals surface area (Å²) in [5.74, 6) is 0. The Kier molecular flexibility index (Phi) is 5.74. The molecule has 3 N–H and O–H groups in total. The average molecular weight is 299 g/mol. The van der Waals surface area contributed by atoms with E-state index in [2.05, 4.69) is 38.4 Å². The largest absolute Gasteiger partial charge is 0.355 e. The second-order valence-corrected chi connectivity index (χ2v) is 4.20. The zero-order valence-electron chi connectivity index (χ0n) is 8.66. The van der Waals surface area contributed by atoms with Gasteiger partial charge in [0, 0.05) is 11.0 Å². The van der Waals surface area contributed by atoms with Crippen molar-refractivity contribution in [2.24, 2.45) is 0 Å². The molecule has 3 nitrogen and oxygen atoms in total. The van der Waals surface area contributed by atoms with Crippen LogP contribution in [0.1, 0.15) is 5.56 Å². The molecule has 0 saturated carbocycles. The molecule has 0 spiro atoms. The Morgan fingerprint density at radius 2 is 2.25 bits per heavy atom. The standard InChI is InChI=1S/C11H12BrN3S/c1-2-7-13-11(16)15-14-8-9-5-3-4-6-10(9)12/h2-6,8H,1,7H2,(H2,13,15,16)/p+1. The van der Waals surface area contributed by atoms with E-state index in [1.807, 2.05) is 30.5 Å². The molecule has 0 aliphatic carbocycles. The lowest BCUT2D eigenvalue weighted by Crippen LogP contribution is -2.82. The SMILES string of the molecule is C=CCNC(=S)N[NH+]=Cc1ccccc1Br. The number of thiocarbonyl (C=S) groups is 1. The summed E-state index contributed by atoms with van der Waals surface area (Å²) >= 11 is 8.45. The molecule has 5 heteroatoms. The zero-order chi connectivity index (χ0) is 11.8. The Balaban J connectivity index is 2.46. The van der Waals surface area contributed by atoms with E-state index in [4.69, 9.17) is 12.2 Å². The summed E-state index contributed by atoms with van der Waals surface area (Å²) in [4.78, 5) is 0. The fourth-order valence-electron chi connectivity index (χ4n) is 0.981. The molecule has 0 radical (unpaired) electrons. The molecule has 84 valence electrons. The van der Waals surface area contributed by atoms with Gasteiger partial charge in [0.25, 0.3) is 0 Å². The lowest BCUT2D eigenvalue weighted by Gasteiger charge is -1.99. The highest BCUT2D eigenvalue weighted by atomic mass is 79.9. The third-order valence-electron chi connectivity index (χ3n) is 1.73. The van der Waals surface area contributed by atoms with E-state index in [1.54, 1.807) is 6.08 Å². The number of hydrazine groups is 1. The highest BCUT2D eigenvalue weighted by molar-refractivity contribution is 9.10. The molecular weight excluding hydrogens is 286 g/mol. The fraction of sp³-hybridized carbons (Fsp3) is 0.0909. The van der Waals surface area contributed by atoms with Crippen LogP contribution in [0.4, 0.5) is 0 Å². The van der Waals surface area contributed by atoms with Gasteiger partial charge in [-0.15, -0.1) is 17.1 Å². The van der Waals surface area contributed by atoms with Gasteiger partial charge in [0.1, 0.15) is 0 Å². The average Bonchev–Trinajstić information content (AvgIpc) is 2.29. The quantitative estimate of drug-likeness (QED) is 0.328. The van der Waals surface area contributed by atoms with Crippen molar-refractivity contribution in [3.05, 3.63) is 47.0 Å². The molecule has 16 heavy (non-hydrogen) atoms. The van der Waals surface area contributed by atoms with E-state index >= 15 is 0 Å². The van der Waals surface area contributed by atoms with Crippen molar-refractivity contribution >= 4 is 39.5 Å². The molecule has 0 fully saturated rings. The molecule has 0 heterocycles. The van der Waals surface area contributed by atoms with Gasteiger partial charge in [-0.05, 0) is 40.3 Å². The Hall–Kier alpha value is -1.20. The molecule has 1 rings (SSSR count). The Labute approximate surface area is 109 Å². The van der Waals surface area contributed by atoms with Crippen LogP contribution in [-0.2, 0) is 0 Å². The predicted molar refractivity (Wildman–Crippen MR) is 74.2 cm³/mol. The van der Waals surface area contributed by atoms with Gasteiger partial charge in [-0.3, -0.25) is 0 Å². The second kappa shape index (κ2) is 7.14. The van der Waals surface area contributed by atoms with Gasteiger partial charge in [0.05, 0.1) is 5.56 Å². The van der Waals surface area contributed by atoms with Crippen molar-refractivity contribution in [3.8, 4) is 0 Å². The van der Waals surface area contributed by atoms with Crippen molar-refractivity contribution in [1.29, 1.82) is 0 Å². The fourth-order valence-corrected chi connectivity index (χ4v) is 1.52. The molecule has 0 bridgehead atoms. The van der Waals surface area contributed by atoms with Gasteiger partial charge in [-0.2, -0.15) is 0 Å². The minimum Gasteiger partial charge on any atom is -0.355 e. The third kappa shape index (κ3) is 4.55. The van der Waals surface area contributed by atoms with Crippen LogP contribution in [0.5, 0.6) is 0 Å². The maximum atomic E-state index is 5.00. The summed E-state index contributed by atoms with van der Waals surface area (Å²) in [5.41, 5.74) is 3.88. The summed E-state index contributed by atoms with van der Waals surface area (Å²) < 4.78 is 1.02. The molecule has 1 aromatic carbocycles. The highest BCUT2D eigenvalue weighted by Gasteiger charge is 1.98. The van der Waals surface area contributed by atoms with Crippen molar-refractivity contribution < 1.29 is 5.10 Å². The van der Waals surface area contributed by atoms with Gasteiger partial charge in [0.2, 0.25) is 5.11 Å². The number of benzene rings is 1. The van der Waals surface area contributed by atoms with Gasteiger partial charge >= 0.3 is 0 Å². The number of nitrogens with one attached hydrogen (secondary N) is 3. The summed E-state index contributed by atoms with van der Waals surface area (Å²) in [7, 11) is 0. The van der Waals surface area contributed by atoms with Crippen LogP contribution >= 0.6 is 28.1 Å². The van der Waals surface area contributed by atoms with Crippen LogP contribution < -0.4 is 15.8 Å². The van der Waals surface area contributed by atoms with E-state index in [0.717, 1.165) is 10.0 Å². The first-order chi connectivity index (χ1) is 7.74. The summed E-state index contributed by atoms with van der Waals surface area (Å²) in [6.07, 6.45) is 3.57. The van der Waals surface area contributed by atoms with Gasteiger partial charge < -0.3 is 5.32 Å². The minimum absolute atomic E-state index is 0.531. The molecule has 1 aromatic rings. The molecular formula is C11H13BrN3S+. The molecule has 0 amide bonds. The Bertz CT molecular complexity index is 404. The maximum Gasteiger partial charge on any atom is 0.224 e. The van der Waals surface area contributed by atoms with Crippen molar-refractivity contribution in [2.75, 3.05) is 6.54 Å². The van der Waals surface area contributed by atoms with Gasteiger partial charge in [0.15, 0.2) is 6.21 Å². The predicted octanol–water partition coefficient (Wildman–Crippen LogP) is 0.514. The highest BCUT2D eigenvalue weighted by Crippen LogP contribution is 2.12. The molecule has 0 aromatic heterocycles. The lowest BCUT2D eigenvalue weighted by atomic mass is 10.2. The van der Waals surface area contributed by atoms with Gasteiger partial charge in [-0.25, -0.2) is 0 Å². The van der Waals surface area contributed by atoms with E-state index in [0.29, 0.717) is 11.7 Å². The topological polar surface area (TPSA) is 38.0 Å². The first kappa shape index (κ1) is 12.9. The summed E-state index contributed by atoms with van der Waals surface area (Å²) in [6.45, 7) is 4.23. The number of hydrogen-bond acceptors (Lipinski definition) is 1. The third-order valence-corrected chi connectivity index (χ3v) is 2.69. The Morgan fingerprint density at radius 3 is 2.94 bits per heavy atom. The van der Waals surface area contributed by atoms with E-state index < -0.39 is 0 Å². The molecule has 0 aliphatic rings. The van der Waals surface area contributed by atoms with Crippen molar-refractivity contribution in [2.45, 2.75) is 0 Å². The van der Waals surface area contributed by atoms with Crippen LogP contribution in [0.25, 0.3) is 0 Å². The second-order valence-electron chi connectivity index (χ2n) is 2.93. The van der Waals surface area contributed by atoms with E-state index in [-0.39, 0.29) is 0 Å². The molecule has 0 unspecified atom stereocenters. The number of halogens is 1.